The number of alkyl halides is 3. The second kappa shape index (κ2) is 15.7. The van der Waals surface area contributed by atoms with Gasteiger partial charge < -0.3 is 0 Å². The molecule has 0 aromatic rings. The zero-order valence-corrected chi connectivity index (χ0v) is 10.3. The average molecular weight is 436 g/mol. The number of rotatable bonds is 1. The first-order valence-electron chi connectivity index (χ1n) is 1.62. The van der Waals surface area contributed by atoms with Crippen molar-refractivity contribution in [2.45, 2.75) is 0 Å². The largest absolute Gasteiger partial charge is 0.102 e. The zero-order valence-electron chi connectivity index (χ0n) is 3.83. The number of halogens is 3. The Morgan fingerprint density at radius 3 is 1.43 bits per heavy atom. The third-order valence-electron chi connectivity index (χ3n) is 0.109. The molecule has 0 radical (unpaired) electrons. The minimum atomic E-state index is 1.05. The van der Waals surface area contributed by atoms with Crippen LogP contribution in [0.4, 0.5) is 0 Å². The van der Waals surface area contributed by atoms with Crippen molar-refractivity contribution in [2.24, 2.45) is 0 Å². The molecule has 0 aliphatic heterocycles. The molecule has 0 aliphatic carbocycles. The summed E-state index contributed by atoms with van der Waals surface area (Å²) in [4.78, 5) is 0. The van der Waals surface area contributed by atoms with Crippen LogP contribution in [-0.2, 0) is 0 Å². The van der Waals surface area contributed by atoms with E-state index in [1.54, 1.807) is 0 Å². The molecule has 7 heavy (non-hydrogen) atoms. The Morgan fingerprint density at radius 2 is 1.43 bits per heavy atom. The lowest BCUT2D eigenvalue weighted by Gasteiger charge is -1.55. The van der Waals surface area contributed by atoms with E-state index in [0.29, 0.717) is 0 Å². The fourth-order valence-electron chi connectivity index (χ4n) is 0. The van der Waals surface area contributed by atoms with Crippen LogP contribution in [-0.4, -0.2) is 6.86 Å². The Balaban J connectivity index is 0. The molecule has 0 rings (SSSR count). The Kier molecular flexibility index (Phi) is 26.2. The maximum Gasteiger partial charge on any atom is 0.0516 e. The molecule has 0 atom stereocenters. The van der Waals surface area contributed by atoms with Crippen molar-refractivity contribution in [2.75, 3.05) is 6.86 Å². The quantitative estimate of drug-likeness (QED) is 0.336. The molecule has 0 nitrogen and oxygen atoms in total. The van der Waals surface area contributed by atoms with Gasteiger partial charge in [0.2, 0.25) is 0 Å². The molecular formula is C4H7I3. The van der Waals surface area contributed by atoms with Gasteiger partial charge in [0, 0.05) is 4.43 Å². The fourth-order valence-corrected chi connectivity index (χ4v) is 0. The van der Waals surface area contributed by atoms with E-state index in [2.05, 4.69) is 74.4 Å². The molecule has 0 bridgehead atoms. The van der Waals surface area contributed by atoms with Gasteiger partial charge in [-0.05, 0) is 0 Å². The summed E-state index contributed by atoms with van der Waals surface area (Å²) in [5.41, 5.74) is 0. The average Bonchev–Trinajstić information content (AvgIpc) is 1.69. The molecule has 0 aromatic heterocycles. The predicted octanol–water partition coefficient (Wildman–Crippen LogP) is 3.42. The molecule has 0 spiro atoms. The van der Waals surface area contributed by atoms with Crippen LogP contribution in [0, 0.1) is 0 Å². The highest BCUT2D eigenvalue weighted by Crippen LogP contribution is 1.86. The van der Waals surface area contributed by atoms with Crippen molar-refractivity contribution in [1.82, 2.24) is 0 Å². The summed E-state index contributed by atoms with van der Waals surface area (Å²) in [7, 11) is 0. The zero-order chi connectivity index (χ0) is 6.12. The standard InChI is InChI=1S/C3H5I.CH2I2/c1-2-3-4;2-1-3/h2H,1,3H2;1H2. The van der Waals surface area contributed by atoms with Gasteiger partial charge in [0.1, 0.15) is 0 Å². The van der Waals surface area contributed by atoms with E-state index in [9.17, 15) is 0 Å². The molecule has 0 saturated carbocycles. The molecule has 0 saturated heterocycles. The van der Waals surface area contributed by atoms with Crippen LogP contribution in [0.2, 0.25) is 0 Å². The lowest BCUT2D eigenvalue weighted by atomic mass is 10.8. The molecule has 0 heterocycles. The molecule has 0 fully saturated rings. The van der Waals surface area contributed by atoms with Gasteiger partial charge in [0.15, 0.2) is 0 Å². The minimum absolute atomic E-state index is 1.05. The number of hydrogen-bond acceptors (Lipinski definition) is 0. The molecule has 0 N–H and O–H groups in total. The van der Waals surface area contributed by atoms with Crippen molar-refractivity contribution in [3.05, 3.63) is 12.7 Å². The lowest BCUT2D eigenvalue weighted by molar-refractivity contribution is 1.90. The first-order valence-corrected chi connectivity index (χ1v) is 6.20. The highest BCUT2D eigenvalue weighted by molar-refractivity contribution is 14.2. The molecule has 0 unspecified atom stereocenters. The van der Waals surface area contributed by atoms with Gasteiger partial charge in [-0.1, -0.05) is 73.8 Å². The summed E-state index contributed by atoms with van der Waals surface area (Å²) < 4.78 is 2.24. The summed E-state index contributed by atoms with van der Waals surface area (Å²) in [5.74, 6) is 0. The summed E-state index contributed by atoms with van der Waals surface area (Å²) >= 11 is 6.78. The first-order chi connectivity index (χ1) is 3.33. The van der Waals surface area contributed by atoms with Crippen LogP contribution < -0.4 is 0 Å². The second-order valence-electron chi connectivity index (χ2n) is 0.544. The molecule has 0 amide bonds. The normalized spacial score (nSPS) is 6.14. The van der Waals surface area contributed by atoms with E-state index in [0.717, 1.165) is 4.43 Å². The minimum Gasteiger partial charge on any atom is -0.102 e. The van der Waals surface area contributed by atoms with Crippen LogP contribution in [0.1, 0.15) is 0 Å². The van der Waals surface area contributed by atoms with E-state index >= 15 is 0 Å². The topological polar surface area (TPSA) is 0 Å². The molecule has 44 valence electrons. The van der Waals surface area contributed by atoms with E-state index in [1.807, 2.05) is 6.08 Å². The first kappa shape index (κ1) is 11.7. The van der Waals surface area contributed by atoms with Gasteiger partial charge in [0.25, 0.3) is 0 Å². The van der Waals surface area contributed by atoms with E-state index < -0.39 is 0 Å². The van der Waals surface area contributed by atoms with Gasteiger partial charge in [-0.15, -0.1) is 6.58 Å². The van der Waals surface area contributed by atoms with Crippen molar-refractivity contribution < 1.29 is 0 Å². The van der Waals surface area contributed by atoms with E-state index in [4.69, 9.17) is 0 Å². The highest BCUT2D eigenvalue weighted by Gasteiger charge is 1.47. The van der Waals surface area contributed by atoms with Gasteiger partial charge in [-0.25, -0.2) is 0 Å². The summed E-state index contributed by atoms with van der Waals surface area (Å²) in [6, 6.07) is 0. The molecule has 0 aliphatic rings. The summed E-state index contributed by atoms with van der Waals surface area (Å²) in [6.07, 6.45) is 1.86. The molecular weight excluding hydrogens is 429 g/mol. The number of hydrogen-bond donors (Lipinski definition) is 0. The highest BCUT2D eigenvalue weighted by atomic mass is 127. The van der Waals surface area contributed by atoms with Crippen LogP contribution in [0.15, 0.2) is 12.7 Å². The predicted molar refractivity (Wildman–Crippen MR) is 62.0 cm³/mol. The molecule has 3 heteroatoms. The van der Waals surface area contributed by atoms with Crippen molar-refractivity contribution in [1.29, 1.82) is 0 Å². The third kappa shape index (κ3) is 32.5. The van der Waals surface area contributed by atoms with Gasteiger partial charge in [0.05, 0.1) is 2.43 Å². The summed E-state index contributed by atoms with van der Waals surface area (Å²) in [5, 5.41) is 0. The van der Waals surface area contributed by atoms with Gasteiger partial charge >= 0.3 is 0 Å². The Labute approximate surface area is 85.9 Å². The Morgan fingerprint density at radius 1 is 1.29 bits per heavy atom. The van der Waals surface area contributed by atoms with Crippen LogP contribution in [0.5, 0.6) is 0 Å². The third-order valence-corrected chi connectivity index (χ3v) is 0.732. The van der Waals surface area contributed by atoms with Gasteiger partial charge in [-0.2, -0.15) is 0 Å². The van der Waals surface area contributed by atoms with Gasteiger partial charge in [-0.3, -0.25) is 0 Å². The van der Waals surface area contributed by atoms with Crippen LogP contribution in [0.25, 0.3) is 0 Å². The SMILES string of the molecule is C=CCI.ICI. The van der Waals surface area contributed by atoms with Crippen molar-refractivity contribution in [3.8, 4) is 0 Å². The van der Waals surface area contributed by atoms with Crippen molar-refractivity contribution in [3.63, 3.8) is 0 Å². The maximum absolute atomic E-state index is 3.47. The van der Waals surface area contributed by atoms with E-state index in [-0.39, 0.29) is 0 Å². The fraction of sp³-hybridized carbons (Fsp3) is 0.500. The van der Waals surface area contributed by atoms with Crippen molar-refractivity contribution >= 4 is 67.8 Å². The Hall–Kier alpha value is 1.93. The van der Waals surface area contributed by atoms with Crippen LogP contribution >= 0.6 is 67.8 Å². The smallest absolute Gasteiger partial charge is 0.0516 e. The summed E-state index contributed by atoms with van der Waals surface area (Å²) in [6.45, 7) is 3.47. The van der Waals surface area contributed by atoms with E-state index in [1.165, 1.54) is 2.43 Å². The Bertz CT molecular complexity index is 28.1. The molecule has 0 aromatic carbocycles. The maximum atomic E-state index is 3.47. The van der Waals surface area contributed by atoms with Crippen LogP contribution in [0.3, 0.4) is 0 Å². The lowest BCUT2D eigenvalue weighted by Crippen LogP contribution is -1.43. The monoisotopic (exact) mass is 436 g/mol. The number of allylic oxidation sites excluding steroid dienone is 1. The second-order valence-corrected chi connectivity index (χ2v) is 5.87.